The Morgan fingerprint density at radius 3 is 2.84 bits per heavy atom. The van der Waals surface area contributed by atoms with Crippen molar-refractivity contribution in [3.8, 4) is 0 Å². The molecule has 9 nitrogen and oxygen atoms in total. The number of ether oxygens (including phenoxy) is 1. The van der Waals surface area contributed by atoms with Crippen LogP contribution in [0, 0.1) is 12.9 Å². The molecule has 0 bridgehead atoms. The maximum Gasteiger partial charge on any atom is 0.249 e. The molecule has 0 fully saturated rings. The van der Waals surface area contributed by atoms with Gasteiger partial charge in [0.05, 0.1) is 35.9 Å². The zero-order valence-electron chi connectivity index (χ0n) is 18.5. The number of aromatic nitrogens is 4. The molecule has 1 aliphatic rings. The van der Waals surface area contributed by atoms with E-state index >= 15 is 0 Å². The molecule has 3 aromatic heterocycles. The second-order valence-electron chi connectivity index (χ2n) is 7.86. The largest absolute Gasteiger partial charge is 0.379 e. The lowest BCUT2D eigenvalue weighted by Gasteiger charge is -2.38. The van der Waals surface area contributed by atoms with E-state index in [1.54, 1.807) is 24.1 Å². The molecule has 4 heterocycles. The number of nitrogens with zero attached hydrogens (tertiary/aromatic N) is 5. The smallest absolute Gasteiger partial charge is 0.249 e. The van der Waals surface area contributed by atoms with Crippen LogP contribution in [-0.2, 0) is 22.6 Å². The number of fused-ring (bicyclic) bond motifs is 1. The molecular formula is C22H26FN7O2. The van der Waals surface area contributed by atoms with E-state index in [4.69, 9.17) is 4.74 Å². The average Bonchev–Trinajstić information content (AvgIpc) is 3.22. The van der Waals surface area contributed by atoms with Gasteiger partial charge in [-0.25, -0.2) is 9.97 Å². The highest BCUT2D eigenvalue weighted by molar-refractivity contribution is 6.04. The third kappa shape index (κ3) is 4.40. The first kappa shape index (κ1) is 21.7. The van der Waals surface area contributed by atoms with Crippen molar-refractivity contribution >= 4 is 23.1 Å². The summed E-state index contributed by atoms with van der Waals surface area (Å²) >= 11 is 0. The van der Waals surface area contributed by atoms with Crippen molar-refractivity contribution in [2.24, 2.45) is 0 Å². The molecular weight excluding hydrogens is 413 g/mol. The summed E-state index contributed by atoms with van der Waals surface area (Å²) in [5.74, 6) is 0.0902. The number of amides is 1. The van der Waals surface area contributed by atoms with Crippen LogP contribution in [0.25, 0.3) is 0 Å². The molecule has 168 valence electrons. The summed E-state index contributed by atoms with van der Waals surface area (Å²) in [6.07, 6.45) is 4.93. The van der Waals surface area contributed by atoms with Crippen molar-refractivity contribution in [3.63, 3.8) is 0 Å². The second kappa shape index (κ2) is 8.91. The Morgan fingerprint density at radius 2 is 2.12 bits per heavy atom. The van der Waals surface area contributed by atoms with Crippen LogP contribution in [-0.4, -0.2) is 52.0 Å². The Labute approximate surface area is 185 Å². The molecule has 0 saturated carbocycles. The molecule has 0 spiro atoms. The lowest BCUT2D eigenvalue weighted by atomic mass is 10.0. The first-order valence-electron chi connectivity index (χ1n) is 10.3. The number of nitrogens with one attached hydrogen (secondary N) is 2. The van der Waals surface area contributed by atoms with Gasteiger partial charge in [0.15, 0.2) is 0 Å². The SMILES string of the molecule is CO[C@H](C)C1C(=O)Nc2c(cc(NCc3cnn(Cc4ccc(F)nc4)c3)nc2C)N1C. The fourth-order valence-corrected chi connectivity index (χ4v) is 3.82. The molecule has 3 aromatic rings. The van der Waals surface area contributed by atoms with Gasteiger partial charge >= 0.3 is 0 Å². The van der Waals surface area contributed by atoms with Crippen molar-refractivity contribution in [1.82, 2.24) is 19.7 Å². The lowest BCUT2D eigenvalue weighted by molar-refractivity contribution is -0.120. The van der Waals surface area contributed by atoms with Crippen molar-refractivity contribution < 1.29 is 13.9 Å². The number of pyridine rings is 2. The lowest BCUT2D eigenvalue weighted by Crippen LogP contribution is -2.52. The number of carbonyl (C=O) groups excluding carboxylic acids is 1. The van der Waals surface area contributed by atoms with Crippen molar-refractivity contribution in [2.75, 3.05) is 29.7 Å². The maximum atomic E-state index is 13.0. The van der Waals surface area contributed by atoms with E-state index in [1.165, 1.54) is 12.3 Å². The molecule has 2 atom stereocenters. The van der Waals surface area contributed by atoms with Crippen LogP contribution in [0.4, 0.5) is 21.6 Å². The molecule has 10 heteroatoms. The fourth-order valence-electron chi connectivity index (χ4n) is 3.82. The zero-order valence-corrected chi connectivity index (χ0v) is 18.5. The first-order chi connectivity index (χ1) is 15.4. The topological polar surface area (TPSA) is 97.2 Å². The molecule has 1 amide bonds. The van der Waals surface area contributed by atoms with Crippen molar-refractivity contribution in [1.29, 1.82) is 0 Å². The molecule has 0 saturated heterocycles. The summed E-state index contributed by atoms with van der Waals surface area (Å²) in [6, 6.07) is 4.52. The molecule has 1 unspecified atom stereocenters. The van der Waals surface area contributed by atoms with Crippen LogP contribution in [0.2, 0.25) is 0 Å². The highest BCUT2D eigenvalue weighted by Gasteiger charge is 2.36. The van der Waals surface area contributed by atoms with E-state index in [1.807, 2.05) is 38.1 Å². The normalized spacial score (nSPS) is 16.5. The van der Waals surface area contributed by atoms with Gasteiger partial charge in [-0.3, -0.25) is 9.48 Å². The van der Waals surface area contributed by atoms with Gasteiger partial charge in [-0.15, -0.1) is 0 Å². The molecule has 0 aromatic carbocycles. The predicted molar refractivity (Wildman–Crippen MR) is 119 cm³/mol. The van der Waals surface area contributed by atoms with Crippen LogP contribution < -0.4 is 15.5 Å². The highest BCUT2D eigenvalue weighted by Crippen LogP contribution is 2.36. The minimum absolute atomic E-state index is 0.108. The molecule has 32 heavy (non-hydrogen) atoms. The first-order valence-corrected chi connectivity index (χ1v) is 10.3. The van der Waals surface area contributed by atoms with Crippen LogP contribution in [0.15, 0.2) is 36.8 Å². The number of aryl methyl sites for hydroxylation is 1. The number of rotatable bonds is 7. The van der Waals surface area contributed by atoms with Gasteiger partial charge in [-0.1, -0.05) is 6.07 Å². The van der Waals surface area contributed by atoms with Crippen LogP contribution in [0.3, 0.4) is 0 Å². The van der Waals surface area contributed by atoms with Gasteiger partial charge in [0.25, 0.3) is 0 Å². The van der Waals surface area contributed by atoms with Gasteiger partial charge in [-0.05, 0) is 25.5 Å². The van der Waals surface area contributed by atoms with Crippen LogP contribution in [0.1, 0.15) is 23.7 Å². The number of hydrogen-bond donors (Lipinski definition) is 2. The quantitative estimate of drug-likeness (QED) is 0.546. The number of methoxy groups -OCH3 is 1. The van der Waals surface area contributed by atoms with Crippen molar-refractivity contribution in [2.45, 2.75) is 39.1 Å². The molecule has 0 radical (unpaired) electrons. The number of anilines is 3. The van der Waals surface area contributed by atoms with E-state index in [9.17, 15) is 9.18 Å². The summed E-state index contributed by atoms with van der Waals surface area (Å²) in [5.41, 5.74) is 4.17. The summed E-state index contributed by atoms with van der Waals surface area (Å²) in [6.45, 7) is 4.78. The molecule has 2 N–H and O–H groups in total. The summed E-state index contributed by atoms with van der Waals surface area (Å²) in [4.78, 5) is 22.7. The van der Waals surface area contributed by atoms with E-state index in [2.05, 4.69) is 25.7 Å². The van der Waals surface area contributed by atoms with E-state index in [0.717, 1.165) is 22.5 Å². The van der Waals surface area contributed by atoms with E-state index in [0.29, 0.717) is 24.6 Å². The third-order valence-electron chi connectivity index (χ3n) is 5.60. The number of hydrogen-bond acceptors (Lipinski definition) is 7. The Balaban J connectivity index is 1.46. The predicted octanol–water partition coefficient (Wildman–Crippen LogP) is 2.57. The van der Waals surface area contributed by atoms with Crippen LogP contribution in [0.5, 0.6) is 0 Å². The van der Waals surface area contributed by atoms with E-state index < -0.39 is 12.0 Å². The Kier molecular flexibility index (Phi) is 6.04. The highest BCUT2D eigenvalue weighted by atomic mass is 19.1. The van der Waals surface area contributed by atoms with Gasteiger partial charge in [-0.2, -0.15) is 9.49 Å². The Bertz CT molecular complexity index is 1120. The number of likely N-dealkylation sites (N-methyl/N-ethyl adjacent to an activating group) is 1. The minimum atomic E-state index is -0.500. The average molecular weight is 439 g/mol. The van der Waals surface area contributed by atoms with Gasteiger partial charge < -0.3 is 20.3 Å². The van der Waals surface area contributed by atoms with Gasteiger partial charge in [0.2, 0.25) is 11.9 Å². The third-order valence-corrected chi connectivity index (χ3v) is 5.60. The monoisotopic (exact) mass is 439 g/mol. The maximum absolute atomic E-state index is 13.0. The van der Waals surface area contributed by atoms with Crippen molar-refractivity contribution in [3.05, 3.63) is 59.6 Å². The second-order valence-corrected chi connectivity index (χ2v) is 7.86. The van der Waals surface area contributed by atoms with E-state index in [-0.39, 0.29) is 12.0 Å². The standard InChI is InChI=1S/C22H26FN7O2/c1-13-20-17(29(3)21(14(2)32-4)22(31)28-20)7-19(27-13)25-9-16-10-26-30(12-16)11-15-5-6-18(23)24-8-15/h5-8,10,12,14,21H,9,11H2,1-4H3,(H,25,27)(H,28,31)/t14-,21?/m1/s1. The van der Waals surface area contributed by atoms with Gasteiger partial charge in [0.1, 0.15) is 11.9 Å². The Hall–Kier alpha value is -3.53. The van der Waals surface area contributed by atoms with Gasteiger partial charge in [0, 0.05) is 44.7 Å². The fraction of sp³-hybridized carbons (Fsp3) is 0.364. The molecule has 1 aliphatic heterocycles. The minimum Gasteiger partial charge on any atom is -0.379 e. The van der Waals surface area contributed by atoms with Crippen LogP contribution >= 0.6 is 0 Å². The summed E-state index contributed by atoms with van der Waals surface area (Å²) in [5, 5.41) is 10.6. The Morgan fingerprint density at radius 1 is 1.31 bits per heavy atom. The summed E-state index contributed by atoms with van der Waals surface area (Å²) < 4.78 is 20.1. The zero-order chi connectivity index (χ0) is 22.8. The number of carbonyl (C=O) groups is 1. The summed E-state index contributed by atoms with van der Waals surface area (Å²) in [7, 11) is 3.48. The molecule has 0 aliphatic carbocycles. The number of halogens is 1. The molecule has 4 rings (SSSR count).